The van der Waals surface area contributed by atoms with E-state index >= 15 is 0 Å². The summed E-state index contributed by atoms with van der Waals surface area (Å²) >= 11 is 0. The molecule has 0 aromatic heterocycles. The van der Waals surface area contributed by atoms with Gasteiger partial charge in [-0.25, -0.2) is 0 Å². The van der Waals surface area contributed by atoms with Gasteiger partial charge in [0, 0.05) is 10.2 Å². The second-order valence-electron chi connectivity index (χ2n) is 5.15. The van der Waals surface area contributed by atoms with Gasteiger partial charge in [0.1, 0.15) is 0 Å². The summed E-state index contributed by atoms with van der Waals surface area (Å²) in [6.45, 7) is 0.688. The third-order valence-electron chi connectivity index (χ3n) is 4.64. The number of fused-ring (bicyclic) bond motifs is 3. The predicted molar refractivity (Wildman–Crippen MR) is 52.5 cm³/mol. The van der Waals surface area contributed by atoms with Crippen LogP contribution in [-0.4, -0.2) is 22.8 Å². The first kappa shape index (κ1) is 8.03. The second kappa shape index (κ2) is 2.38. The van der Waals surface area contributed by atoms with Gasteiger partial charge < -0.3 is 4.74 Å². The van der Waals surface area contributed by atoms with Gasteiger partial charge in [0.25, 0.3) is 0 Å². The fourth-order valence-electron chi connectivity index (χ4n) is 3.83. The fourth-order valence-corrected chi connectivity index (χ4v) is 4.91. The molecule has 72 valence electrons. The highest BCUT2D eigenvalue weighted by Crippen LogP contribution is 2.62. The van der Waals surface area contributed by atoms with Crippen molar-refractivity contribution in [2.24, 2.45) is 17.3 Å². The molecule has 3 heteroatoms. The van der Waals surface area contributed by atoms with E-state index in [1.165, 1.54) is 23.1 Å². The first-order chi connectivity index (χ1) is 6.22. The lowest BCUT2D eigenvalue weighted by atomic mass is 9.72. The van der Waals surface area contributed by atoms with Crippen LogP contribution in [0.3, 0.4) is 0 Å². The molecule has 0 radical (unpaired) electrons. The van der Waals surface area contributed by atoms with Crippen LogP contribution in [0, 0.1) is 17.3 Å². The van der Waals surface area contributed by atoms with Crippen molar-refractivity contribution in [3.05, 3.63) is 0 Å². The van der Waals surface area contributed by atoms with E-state index in [9.17, 15) is 4.79 Å². The normalized spacial score (nSPS) is 53.5. The molecule has 2 bridgehead atoms. The fraction of sp³-hybridized carbons (Fsp3) is 0.900. The minimum atomic E-state index is 0.00553. The Balaban J connectivity index is 1.92. The van der Waals surface area contributed by atoms with E-state index in [1.807, 2.05) is 0 Å². The summed E-state index contributed by atoms with van der Waals surface area (Å²) in [7, 11) is 1.32. The first-order valence-electron chi connectivity index (χ1n) is 5.39. The number of rotatable bonds is 0. The third-order valence-corrected chi connectivity index (χ3v) is 6.06. The maximum atomic E-state index is 11.7. The molecular formula is C10H16O2Si. The summed E-state index contributed by atoms with van der Waals surface area (Å²) in [4.78, 5) is 11.7. The maximum Gasteiger partial charge on any atom is 0.312 e. The maximum absolute atomic E-state index is 11.7. The Morgan fingerprint density at radius 1 is 1.46 bits per heavy atom. The van der Waals surface area contributed by atoms with Crippen LogP contribution >= 0.6 is 0 Å². The van der Waals surface area contributed by atoms with Crippen molar-refractivity contribution in [3.63, 3.8) is 0 Å². The molecule has 1 aliphatic heterocycles. The van der Waals surface area contributed by atoms with Crippen molar-refractivity contribution in [1.82, 2.24) is 0 Å². The molecule has 3 aliphatic rings. The molecule has 1 saturated heterocycles. The molecule has 0 aromatic carbocycles. The van der Waals surface area contributed by atoms with Crippen LogP contribution in [0.2, 0.25) is 5.54 Å². The molecule has 1 heterocycles. The Morgan fingerprint density at radius 2 is 2.31 bits per heavy atom. The van der Waals surface area contributed by atoms with E-state index in [0.717, 1.165) is 24.3 Å². The van der Waals surface area contributed by atoms with Crippen LogP contribution in [-0.2, 0) is 9.53 Å². The van der Waals surface area contributed by atoms with Gasteiger partial charge in [-0.05, 0) is 37.5 Å². The monoisotopic (exact) mass is 196 g/mol. The third kappa shape index (κ3) is 0.861. The predicted octanol–water partition coefficient (Wildman–Crippen LogP) is 0.503. The number of carbonyl (C=O) groups is 1. The number of ether oxygens (including phenoxy) is 1. The number of hydrogen-bond donors (Lipinski definition) is 0. The molecule has 4 unspecified atom stereocenters. The minimum Gasteiger partial charge on any atom is -0.465 e. The van der Waals surface area contributed by atoms with Crippen LogP contribution in [0.25, 0.3) is 0 Å². The van der Waals surface area contributed by atoms with Gasteiger partial charge in [-0.1, -0.05) is 5.54 Å². The SMILES string of the molecule is O=C1OCCC12CC1CC2CC1[SiH3]. The van der Waals surface area contributed by atoms with Crippen molar-refractivity contribution in [2.75, 3.05) is 6.61 Å². The van der Waals surface area contributed by atoms with Crippen molar-refractivity contribution in [2.45, 2.75) is 31.2 Å². The molecule has 2 aliphatic carbocycles. The van der Waals surface area contributed by atoms with E-state index in [1.54, 1.807) is 0 Å². The van der Waals surface area contributed by atoms with Crippen LogP contribution in [0.15, 0.2) is 0 Å². The number of esters is 1. The van der Waals surface area contributed by atoms with Crippen molar-refractivity contribution < 1.29 is 9.53 Å². The summed E-state index contributed by atoms with van der Waals surface area (Å²) in [6.07, 6.45) is 4.82. The molecule has 13 heavy (non-hydrogen) atoms. The summed E-state index contributed by atoms with van der Waals surface area (Å²) in [6, 6.07) is 0. The lowest BCUT2D eigenvalue weighted by Gasteiger charge is -2.31. The van der Waals surface area contributed by atoms with Crippen molar-refractivity contribution >= 4 is 16.2 Å². The molecular weight excluding hydrogens is 180 g/mol. The van der Waals surface area contributed by atoms with E-state index in [4.69, 9.17) is 4.74 Å². The molecule has 0 aromatic rings. The highest BCUT2D eigenvalue weighted by atomic mass is 28.1. The highest BCUT2D eigenvalue weighted by molar-refractivity contribution is 6.12. The number of cyclic esters (lactones) is 1. The van der Waals surface area contributed by atoms with Crippen LogP contribution in [0.1, 0.15) is 25.7 Å². The molecule has 0 amide bonds. The average molecular weight is 196 g/mol. The van der Waals surface area contributed by atoms with Gasteiger partial charge >= 0.3 is 5.97 Å². The Labute approximate surface area is 81.5 Å². The second-order valence-corrected chi connectivity index (χ2v) is 6.64. The smallest absolute Gasteiger partial charge is 0.312 e. The Kier molecular flexibility index (Phi) is 1.47. The van der Waals surface area contributed by atoms with Gasteiger partial charge in [0.2, 0.25) is 0 Å². The summed E-state index contributed by atoms with van der Waals surface area (Å²) in [5.74, 6) is 1.70. The number of hydrogen-bond acceptors (Lipinski definition) is 2. The van der Waals surface area contributed by atoms with Crippen molar-refractivity contribution in [1.29, 1.82) is 0 Å². The average Bonchev–Trinajstić information content (AvgIpc) is 2.70. The van der Waals surface area contributed by atoms with Gasteiger partial charge in [-0.15, -0.1) is 0 Å². The van der Waals surface area contributed by atoms with Gasteiger partial charge in [0.15, 0.2) is 0 Å². The van der Waals surface area contributed by atoms with E-state index in [-0.39, 0.29) is 11.4 Å². The van der Waals surface area contributed by atoms with E-state index in [0.29, 0.717) is 12.5 Å². The topological polar surface area (TPSA) is 26.3 Å². The zero-order valence-electron chi connectivity index (χ0n) is 8.08. The standard InChI is InChI=1S/C10H16O2Si/c11-9-10(1-2-12-9)5-6-3-7(10)4-8(6)13/h6-8H,1-5H2,13H3. The lowest BCUT2D eigenvalue weighted by molar-refractivity contribution is -0.148. The summed E-state index contributed by atoms with van der Waals surface area (Å²) in [5.41, 5.74) is 0.995. The van der Waals surface area contributed by atoms with Gasteiger partial charge in [-0.3, -0.25) is 4.79 Å². The number of carbonyl (C=O) groups excluding carboxylic acids is 1. The first-order valence-corrected chi connectivity index (χ1v) is 6.55. The molecule has 4 atom stereocenters. The summed E-state index contributed by atoms with van der Waals surface area (Å²) in [5, 5.41) is 0. The minimum absolute atomic E-state index is 0.00553. The zero-order valence-corrected chi connectivity index (χ0v) is 10.1. The largest absolute Gasteiger partial charge is 0.465 e. The highest BCUT2D eigenvalue weighted by Gasteiger charge is 2.60. The van der Waals surface area contributed by atoms with Crippen LogP contribution < -0.4 is 0 Å². The lowest BCUT2D eigenvalue weighted by Crippen LogP contribution is -2.33. The van der Waals surface area contributed by atoms with Crippen LogP contribution in [0.5, 0.6) is 0 Å². The Bertz CT molecular complexity index is 264. The van der Waals surface area contributed by atoms with Gasteiger partial charge in [0.05, 0.1) is 12.0 Å². The van der Waals surface area contributed by atoms with E-state index < -0.39 is 0 Å². The van der Waals surface area contributed by atoms with Crippen molar-refractivity contribution in [3.8, 4) is 0 Å². The molecule has 3 fully saturated rings. The molecule has 2 saturated carbocycles. The zero-order chi connectivity index (χ0) is 9.05. The molecule has 0 N–H and O–H groups in total. The Hall–Kier alpha value is -0.313. The molecule has 3 rings (SSSR count). The molecule has 2 nitrogen and oxygen atoms in total. The van der Waals surface area contributed by atoms with Gasteiger partial charge in [-0.2, -0.15) is 0 Å². The summed E-state index contributed by atoms with van der Waals surface area (Å²) < 4.78 is 5.15. The quantitative estimate of drug-likeness (QED) is 0.417. The Morgan fingerprint density at radius 3 is 2.77 bits per heavy atom. The van der Waals surface area contributed by atoms with Crippen LogP contribution in [0.4, 0.5) is 0 Å². The molecule has 1 spiro atoms. The van der Waals surface area contributed by atoms with E-state index in [2.05, 4.69) is 0 Å².